The van der Waals surface area contributed by atoms with Crippen LogP contribution in [0.3, 0.4) is 0 Å². The molecule has 0 radical (unpaired) electrons. The van der Waals surface area contributed by atoms with Crippen molar-refractivity contribution >= 4 is 34.0 Å². The van der Waals surface area contributed by atoms with Gasteiger partial charge in [0.15, 0.2) is 11.2 Å². The molecule has 0 atom stereocenters. The fourth-order valence-electron chi connectivity index (χ4n) is 3.70. The molecule has 0 unspecified atom stereocenters. The van der Waals surface area contributed by atoms with Gasteiger partial charge in [-0.15, -0.1) is 0 Å². The van der Waals surface area contributed by atoms with Crippen LogP contribution in [0.2, 0.25) is 0 Å². The summed E-state index contributed by atoms with van der Waals surface area (Å²) in [6, 6.07) is 21.9. The summed E-state index contributed by atoms with van der Waals surface area (Å²) < 4.78 is 12.0. The highest BCUT2D eigenvalue weighted by Crippen LogP contribution is 2.10. The number of aromatic nitrogens is 2. The molecule has 2 amide bonds. The topological polar surface area (TPSA) is 128 Å². The standard InChI is InChI=1S/C15H12N2O3.C13H16N2O3/c18-14-12-8-4-5-9-13(12)20-17(14)15(19)16-10-11-6-2-1-3-7-11;1-2-3-6-9-14-13(17)15-12(16)10-7-4-5-8-11(10)18-15/h1-9H,10H2,(H,16,19);4-5,7-8H,2-3,6,9H2,1H3,(H,14,17). The lowest BCUT2D eigenvalue weighted by Gasteiger charge is -2.03. The first-order valence-corrected chi connectivity index (χ1v) is 12.3. The van der Waals surface area contributed by atoms with E-state index >= 15 is 0 Å². The van der Waals surface area contributed by atoms with Crippen LogP contribution in [0.5, 0.6) is 0 Å². The van der Waals surface area contributed by atoms with Gasteiger partial charge < -0.3 is 19.7 Å². The number of carbonyl (C=O) groups is 2. The highest BCUT2D eigenvalue weighted by atomic mass is 16.5. The van der Waals surface area contributed by atoms with Gasteiger partial charge in [0.25, 0.3) is 11.1 Å². The Balaban J connectivity index is 0.000000178. The first-order valence-electron chi connectivity index (χ1n) is 12.3. The number of fused-ring (bicyclic) bond motifs is 2. The summed E-state index contributed by atoms with van der Waals surface area (Å²) in [5, 5.41) is 6.12. The van der Waals surface area contributed by atoms with Gasteiger partial charge >= 0.3 is 12.1 Å². The predicted octanol–water partition coefficient (Wildman–Crippen LogP) is 4.69. The van der Waals surface area contributed by atoms with Gasteiger partial charge in [0.2, 0.25) is 0 Å². The summed E-state index contributed by atoms with van der Waals surface area (Å²) in [4.78, 5) is 47.6. The van der Waals surface area contributed by atoms with E-state index in [0.29, 0.717) is 35.0 Å². The Morgan fingerprint density at radius 2 is 1.18 bits per heavy atom. The molecule has 0 aliphatic rings. The molecule has 0 saturated carbocycles. The van der Waals surface area contributed by atoms with Crippen LogP contribution < -0.4 is 21.8 Å². The number of unbranched alkanes of at least 4 members (excludes halogenated alkanes) is 2. The molecule has 2 aromatic heterocycles. The third-order valence-corrected chi connectivity index (χ3v) is 5.70. The van der Waals surface area contributed by atoms with Crippen LogP contribution in [0.1, 0.15) is 31.7 Å². The summed E-state index contributed by atoms with van der Waals surface area (Å²) in [6.45, 7) is 2.98. The smallest absolute Gasteiger partial charge is 0.358 e. The van der Waals surface area contributed by atoms with Gasteiger partial charge in [0, 0.05) is 13.1 Å². The first-order chi connectivity index (χ1) is 18.5. The third-order valence-electron chi connectivity index (χ3n) is 5.70. The maximum absolute atomic E-state index is 12.0. The van der Waals surface area contributed by atoms with Crippen LogP contribution in [-0.4, -0.2) is 28.1 Å². The maximum atomic E-state index is 12.0. The van der Waals surface area contributed by atoms with Crippen molar-refractivity contribution in [2.45, 2.75) is 32.7 Å². The summed E-state index contributed by atoms with van der Waals surface area (Å²) in [7, 11) is 0. The molecule has 5 aromatic rings. The number of para-hydroxylation sites is 2. The lowest BCUT2D eigenvalue weighted by atomic mass is 10.2. The number of rotatable bonds is 6. The minimum atomic E-state index is -0.574. The minimum Gasteiger partial charge on any atom is -0.366 e. The SMILES string of the molecule is CCCCCNC(=O)n1oc2ccccc2c1=O.O=C(NCc1ccccc1)n1oc2ccccc2c1=O. The van der Waals surface area contributed by atoms with Crippen molar-refractivity contribution in [1.82, 2.24) is 20.1 Å². The zero-order chi connectivity index (χ0) is 26.9. The van der Waals surface area contributed by atoms with E-state index in [0.717, 1.165) is 34.3 Å². The fourth-order valence-corrected chi connectivity index (χ4v) is 3.70. The molecule has 0 aliphatic carbocycles. The molecule has 0 saturated heterocycles. The Kier molecular flexibility index (Phi) is 8.55. The molecule has 196 valence electrons. The maximum Gasteiger partial charge on any atom is 0.358 e. The molecule has 10 heteroatoms. The molecule has 2 N–H and O–H groups in total. The van der Waals surface area contributed by atoms with Crippen molar-refractivity contribution in [2.24, 2.45) is 0 Å². The Bertz CT molecular complexity index is 1640. The molecule has 0 bridgehead atoms. The number of hydrogen-bond donors (Lipinski definition) is 2. The molecule has 38 heavy (non-hydrogen) atoms. The van der Waals surface area contributed by atoms with Crippen molar-refractivity contribution < 1.29 is 18.6 Å². The average molecular weight is 517 g/mol. The Labute approximate surface area is 217 Å². The van der Waals surface area contributed by atoms with Crippen LogP contribution in [0.15, 0.2) is 97.5 Å². The summed E-state index contributed by atoms with van der Waals surface area (Å²) in [6.07, 6.45) is 3.03. The second kappa shape index (κ2) is 12.4. The van der Waals surface area contributed by atoms with Gasteiger partial charge in [0.1, 0.15) is 0 Å². The number of nitrogens with zero attached hydrogens (tertiary/aromatic N) is 2. The highest BCUT2D eigenvalue weighted by Gasteiger charge is 2.15. The van der Waals surface area contributed by atoms with Crippen molar-refractivity contribution in [3.63, 3.8) is 0 Å². The van der Waals surface area contributed by atoms with Crippen molar-refractivity contribution in [1.29, 1.82) is 0 Å². The van der Waals surface area contributed by atoms with Crippen LogP contribution in [0, 0.1) is 0 Å². The molecular formula is C28H28N4O6. The van der Waals surface area contributed by atoms with E-state index in [4.69, 9.17) is 9.05 Å². The minimum absolute atomic E-state index is 0.336. The van der Waals surface area contributed by atoms with E-state index in [-0.39, 0.29) is 0 Å². The van der Waals surface area contributed by atoms with E-state index in [1.165, 1.54) is 0 Å². The summed E-state index contributed by atoms with van der Waals surface area (Å²) >= 11 is 0. The monoisotopic (exact) mass is 516 g/mol. The lowest BCUT2D eigenvalue weighted by molar-refractivity contribution is 0.212. The van der Waals surface area contributed by atoms with Crippen LogP contribution >= 0.6 is 0 Å². The molecule has 0 fully saturated rings. The molecule has 10 nitrogen and oxygen atoms in total. The fraction of sp³-hybridized carbons (Fsp3) is 0.214. The van der Waals surface area contributed by atoms with Gasteiger partial charge in [-0.3, -0.25) is 9.59 Å². The van der Waals surface area contributed by atoms with Crippen LogP contribution in [0.25, 0.3) is 21.9 Å². The zero-order valence-electron chi connectivity index (χ0n) is 20.9. The highest BCUT2D eigenvalue weighted by molar-refractivity contribution is 5.83. The van der Waals surface area contributed by atoms with Crippen LogP contribution in [-0.2, 0) is 6.54 Å². The predicted molar refractivity (Wildman–Crippen MR) is 143 cm³/mol. The van der Waals surface area contributed by atoms with E-state index in [2.05, 4.69) is 17.6 Å². The van der Waals surface area contributed by atoms with E-state index < -0.39 is 23.2 Å². The van der Waals surface area contributed by atoms with Crippen molar-refractivity contribution in [3.05, 3.63) is 105 Å². The number of nitrogens with one attached hydrogen (secondary N) is 2. The number of carbonyl (C=O) groups excluding carboxylic acids is 2. The Hall–Kier alpha value is -4.86. The van der Waals surface area contributed by atoms with E-state index in [9.17, 15) is 19.2 Å². The second-order valence-electron chi connectivity index (χ2n) is 8.46. The Morgan fingerprint density at radius 1 is 0.684 bits per heavy atom. The zero-order valence-corrected chi connectivity index (χ0v) is 20.9. The molecule has 0 aliphatic heterocycles. The normalized spacial score (nSPS) is 10.7. The van der Waals surface area contributed by atoms with E-state index in [1.807, 2.05) is 30.3 Å². The molecule has 0 spiro atoms. The van der Waals surface area contributed by atoms with E-state index in [1.54, 1.807) is 48.5 Å². The molecular weight excluding hydrogens is 488 g/mol. The summed E-state index contributed by atoms with van der Waals surface area (Å²) in [5.41, 5.74) is 0.897. The van der Waals surface area contributed by atoms with Crippen molar-refractivity contribution in [2.75, 3.05) is 6.54 Å². The quantitative estimate of drug-likeness (QED) is 0.315. The number of amides is 2. The largest absolute Gasteiger partial charge is 0.366 e. The third kappa shape index (κ3) is 6.09. The van der Waals surface area contributed by atoms with Crippen molar-refractivity contribution in [3.8, 4) is 0 Å². The molecule has 5 rings (SSSR count). The van der Waals surface area contributed by atoms with Gasteiger partial charge in [-0.05, 0) is 36.2 Å². The number of benzene rings is 3. The van der Waals surface area contributed by atoms with Crippen LogP contribution in [0.4, 0.5) is 9.59 Å². The van der Waals surface area contributed by atoms with Gasteiger partial charge in [-0.25, -0.2) is 9.59 Å². The molecule has 3 aromatic carbocycles. The molecule has 2 heterocycles. The number of hydrogen-bond acceptors (Lipinski definition) is 6. The second-order valence-corrected chi connectivity index (χ2v) is 8.46. The van der Waals surface area contributed by atoms with Gasteiger partial charge in [-0.2, -0.15) is 0 Å². The lowest BCUT2D eigenvalue weighted by Crippen LogP contribution is -2.34. The Morgan fingerprint density at radius 3 is 1.71 bits per heavy atom. The first kappa shape index (κ1) is 26.2. The summed E-state index contributed by atoms with van der Waals surface area (Å²) in [5.74, 6) is 0. The van der Waals surface area contributed by atoms with Gasteiger partial charge in [-0.1, -0.05) is 83.8 Å². The average Bonchev–Trinajstić information content (AvgIpc) is 3.47. The van der Waals surface area contributed by atoms with Gasteiger partial charge in [0.05, 0.1) is 10.8 Å².